The predicted molar refractivity (Wildman–Crippen MR) is 29.2 cm³/mol. The van der Waals surface area contributed by atoms with Crippen molar-refractivity contribution in [1.29, 1.82) is 0 Å². The van der Waals surface area contributed by atoms with E-state index in [-0.39, 0.29) is 0 Å². The molecule has 0 aliphatic heterocycles. The van der Waals surface area contributed by atoms with Crippen molar-refractivity contribution in [2.24, 2.45) is 0 Å². The number of nitrogens with zero attached hydrogens (tertiary/aromatic N) is 1. The van der Waals surface area contributed by atoms with E-state index in [4.69, 9.17) is 7.05 Å². The molecule has 0 aliphatic rings. The molecule has 0 amide bonds. The first-order chi connectivity index (χ1) is 3.83. The van der Waals surface area contributed by atoms with Crippen LogP contribution in [-0.2, 0) is 0 Å². The lowest BCUT2D eigenvalue weighted by atomic mass is 10.5. The minimum atomic E-state index is 0.558. The number of aryl methyl sites for hydroxylation is 1. The van der Waals surface area contributed by atoms with E-state index in [1.54, 1.807) is 13.0 Å². The van der Waals surface area contributed by atoms with Crippen LogP contribution < -0.4 is 5.32 Å². The van der Waals surface area contributed by atoms with Gasteiger partial charge < -0.3 is 9.84 Å². The molecule has 1 N–H and O–H groups in total. The summed E-state index contributed by atoms with van der Waals surface area (Å²) in [5.41, 5.74) is 0. The first-order valence-electron chi connectivity index (χ1n) is 2.23. The van der Waals surface area contributed by atoms with Crippen LogP contribution in [0.25, 0.3) is 0 Å². The van der Waals surface area contributed by atoms with Crippen LogP contribution >= 0.6 is 0 Å². The van der Waals surface area contributed by atoms with Gasteiger partial charge in [0.05, 0.1) is 7.05 Å². The summed E-state index contributed by atoms with van der Waals surface area (Å²) in [4.78, 5) is 0. The zero-order valence-corrected chi connectivity index (χ0v) is 4.51. The van der Waals surface area contributed by atoms with Crippen LogP contribution in [0.15, 0.2) is 10.6 Å². The van der Waals surface area contributed by atoms with Gasteiger partial charge in [0.2, 0.25) is 0 Å². The van der Waals surface area contributed by atoms with Crippen molar-refractivity contribution in [3.63, 3.8) is 0 Å². The van der Waals surface area contributed by atoms with E-state index in [1.165, 1.54) is 0 Å². The molecule has 0 fully saturated rings. The van der Waals surface area contributed by atoms with Gasteiger partial charge in [-0.2, -0.15) is 0 Å². The van der Waals surface area contributed by atoms with Gasteiger partial charge in [-0.3, -0.25) is 0 Å². The van der Waals surface area contributed by atoms with Gasteiger partial charge in [-0.15, -0.1) is 0 Å². The molecular weight excluding hydrogens is 104 g/mol. The summed E-state index contributed by atoms with van der Waals surface area (Å²) in [5.74, 6) is 1.31. The highest BCUT2D eigenvalue weighted by Gasteiger charge is 1.92. The van der Waals surface area contributed by atoms with Crippen molar-refractivity contribution >= 4 is 5.82 Å². The smallest absolute Gasteiger partial charge is 0.169 e. The second-order valence-electron chi connectivity index (χ2n) is 1.47. The summed E-state index contributed by atoms with van der Waals surface area (Å²) in [5, 5.41) is 5.87. The van der Waals surface area contributed by atoms with E-state index < -0.39 is 0 Å². The van der Waals surface area contributed by atoms with Crippen molar-refractivity contribution in [3.05, 3.63) is 18.9 Å². The highest BCUT2D eigenvalue weighted by atomic mass is 16.5. The topological polar surface area (TPSA) is 38.1 Å². The Morgan fingerprint density at radius 3 is 2.88 bits per heavy atom. The van der Waals surface area contributed by atoms with Crippen LogP contribution in [0, 0.1) is 14.0 Å². The van der Waals surface area contributed by atoms with Crippen molar-refractivity contribution in [1.82, 2.24) is 5.16 Å². The summed E-state index contributed by atoms with van der Waals surface area (Å²) < 4.78 is 4.66. The normalized spacial score (nSPS) is 9.25. The van der Waals surface area contributed by atoms with Crippen LogP contribution in [0.4, 0.5) is 5.82 Å². The Morgan fingerprint density at radius 1 is 1.88 bits per heavy atom. The SMILES string of the molecule is [CH]Nc1cc(C)on1. The van der Waals surface area contributed by atoms with Crippen LogP contribution in [0.3, 0.4) is 0 Å². The number of aromatic nitrogens is 1. The molecular formula is C5H6N2O. The molecule has 0 aromatic carbocycles. The third-order valence-electron chi connectivity index (χ3n) is 0.776. The molecule has 1 aromatic heterocycles. The number of hydrogen-bond donors (Lipinski definition) is 1. The van der Waals surface area contributed by atoms with Crippen LogP contribution in [0.2, 0.25) is 0 Å². The van der Waals surface area contributed by atoms with Crippen LogP contribution in [0.5, 0.6) is 0 Å². The minimum Gasteiger partial charge on any atom is -0.360 e. The van der Waals surface area contributed by atoms with E-state index in [0.29, 0.717) is 5.82 Å². The molecule has 0 saturated carbocycles. The summed E-state index contributed by atoms with van der Waals surface area (Å²) in [6.07, 6.45) is 0. The predicted octanol–water partition coefficient (Wildman–Crippen LogP) is 1.06. The van der Waals surface area contributed by atoms with Crippen LogP contribution in [0.1, 0.15) is 5.76 Å². The zero-order chi connectivity index (χ0) is 5.98. The highest BCUT2D eigenvalue weighted by Crippen LogP contribution is 2.04. The standard InChI is InChI=1S/C5H6N2O/c1-4-3-5(6-2)7-8-4/h2-3H,1H3,(H,6,7). The third kappa shape index (κ3) is 0.804. The molecule has 1 heterocycles. The van der Waals surface area contributed by atoms with Gasteiger partial charge >= 0.3 is 0 Å². The van der Waals surface area contributed by atoms with Gasteiger partial charge in [0.15, 0.2) is 5.82 Å². The van der Waals surface area contributed by atoms with E-state index >= 15 is 0 Å². The fourth-order valence-corrected chi connectivity index (χ4v) is 0.434. The maximum absolute atomic E-state index is 4.99. The summed E-state index contributed by atoms with van der Waals surface area (Å²) in [7, 11) is 4.99. The molecule has 8 heavy (non-hydrogen) atoms. The monoisotopic (exact) mass is 110 g/mol. The lowest BCUT2D eigenvalue weighted by molar-refractivity contribution is 0.400. The Labute approximate surface area is 47.7 Å². The first-order valence-corrected chi connectivity index (χ1v) is 2.23. The average molecular weight is 110 g/mol. The van der Waals surface area contributed by atoms with Gasteiger partial charge in [0.1, 0.15) is 5.76 Å². The molecule has 0 aliphatic carbocycles. The number of rotatable bonds is 1. The molecule has 3 nitrogen and oxygen atoms in total. The van der Waals surface area contributed by atoms with Crippen LogP contribution in [-0.4, -0.2) is 5.16 Å². The van der Waals surface area contributed by atoms with Gasteiger partial charge in [-0.05, 0) is 6.92 Å². The summed E-state index contributed by atoms with van der Waals surface area (Å²) >= 11 is 0. The van der Waals surface area contributed by atoms with Gasteiger partial charge in [0, 0.05) is 6.07 Å². The molecule has 0 unspecified atom stereocenters. The van der Waals surface area contributed by atoms with Crippen molar-refractivity contribution < 1.29 is 4.52 Å². The molecule has 0 saturated heterocycles. The number of nitrogens with one attached hydrogen (secondary N) is 1. The first kappa shape index (κ1) is 5.15. The lowest BCUT2D eigenvalue weighted by Gasteiger charge is -1.81. The molecule has 2 radical (unpaired) electrons. The molecule has 3 heteroatoms. The Hall–Kier alpha value is -0.990. The van der Waals surface area contributed by atoms with Gasteiger partial charge in [0.25, 0.3) is 0 Å². The molecule has 0 bridgehead atoms. The maximum Gasteiger partial charge on any atom is 0.169 e. The molecule has 1 aromatic rings. The second kappa shape index (κ2) is 1.86. The number of hydrogen-bond acceptors (Lipinski definition) is 3. The van der Waals surface area contributed by atoms with Gasteiger partial charge in [-0.1, -0.05) is 5.16 Å². The molecule has 1 rings (SSSR count). The Kier molecular flexibility index (Phi) is 1.20. The largest absolute Gasteiger partial charge is 0.360 e. The van der Waals surface area contributed by atoms with Crippen molar-refractivity contribution in [3.8, 4) is 0 Å². The molecule has 42 valence electrons. The lowest BCUT2D eigenvalue weighted by Crippen LogP contribution is -1.80. The quantitative estimate of drug-likeness (QED) is 0.549. The highest BCUT2D eigenvalue weighted by molar-refractivity contribution is 5.33. The summed E-state index contributed by atoms with van der Waals surface area (Å²) in [6.45, 7) is 1.80. The van der Waals surface area contributed by atoms with Crippen molar-refractivity contribution in [2.75, 3.05) is 5.32 Å². The Bertz CT molecular complexity index is 171. The minimum absolute atomic E-state index is 0.558. The fraction of sp³-hybridized carbons (Fsp3) is 0.200. The third-order valence-corrected chi connectivity index (χ3v) is 0.776. The Balaban J connectivity index is 2.84. The van der Waals surface area contributed by atoms with Gasteiger partial charge in [-0.25, -0.2) is 0 Å². The molecule has 0 spiro atoms. The average Bonchev–Trinajstić information content (AvgIpc) is 2.14. The van der Waals surface area contributed by atoms with E-state index in [0.717, 1.165) is 5.76 Å². The van der Waals surface area contributed by atoms with E-state index in [1.807, 2.05) is 0 Å². The zero-order valence-electron chi connectivity index (χ0n) is 4.51. The molecule has 0 atom stereocenters. The maximum atomic E-state index is 4.99. The number of anilines is 1. The second-order valence-corrected chi connectivity index (χ2v) is 1.47. The van der Waals surface area contributed by atoms with E-state index in [9.17, 15) is 0 Å². The fourth-order valence-electron chi connectivity index (χ4n) is 0.434. The van der Waals surface area contributed by atoms with Crippen molar-refractivity contribution in [2.45, 2.75) is 6.92 Å². The summed E-state index contributed by atoms with van der Waals surface area (Å²) in [6, 6.07) is 1.71. The van der Waals surface area contributed by atoms with E-state index in [2.05, 4.69) is 15.0 Å². The Morgan fingerprint density at radius 2 is 2.62 bits per heavy atom.